The van der Waals surface area contributed by atoms with Crippen LogP contribution in [0.3, 0.4) is 0 Å². The van der Waals surface area contributed by atoms with Gasteiger partial charge in [0.1, 0.15) is 0 Å². The fourth-order valence-electron chi connectivity index (χ4n) is 5.91. The average molecular weight is 415 g/mol. The Labute approximate surface area is 191 Å². The highest BCUT2D eigenvalue weighted by Crippen LogP contribution is 2.68. The zero-order valence-corrected chi connectivity index (χ0v) is 20.7. The zero-order chi connectivity index (χ0) is 22.6. The minimum atomic E-state index is 0.342. The first-order chi connectivity index (χ1) is 14.8. The molecule has 3 rings (SSSR count). The number of allylic oxidation sites excluding steroid dienone is 3. The number of hydrogen-bond acceptors (Lipinski definition) is 0. The maximum Gasteiger partial charge on any atom is -0.00131 e. The Balaban J connectivity index is 1.93. The Bertz CT molecular complexity index is 912. The molecule has 0 aromatic heterocycles. The minimum absolute atomic E-state index is 0.342. The molecule has 1 fully saturated rings. The number of benzene rings is 2. The predicted octanol–water partition coefficient (Wildman–Crippen LogP) is 8.95. The molecule has 0 heteroatoms. The first-order valence-electron chi connectivity index (χ1n) is 12.3. The molecule has 166 valence electrons. The van der Waals surface area contributed by atoms with Crippen LogP contribution in [0.1, 0.15) is 88.5 Å². The van der Waals surface area contributed by atoms with Crippen molar-refractivity contribution in [1.82, 2.24) is 0 Å². The van der Waals surface area contributed by atoms with E-state index in [9.17, 15) is 0 Å². The number of rotatable bonds is 10. The molecule has 31 heavy (non-hydrogen) atoms. The summed E-state index contributed by atoms with van der Waals surface area (Å²) >= 11 is 0. The fraction of sp³-hybridized carbons (Fsp3) is 0.484. The molecule has 1 aliphatic rings. The Morgan fingerprint density at radius 3 is 2.32 bits per heavy atom. The Kier molecular flexibility index (Phi) is 7.30. The fourth-order valence-corrected chi connectivity index (χ4v) is 5.91. The second-order valence-electron chi connectivity index (χ2n) is 10.1. The molecule has 0 aliphatic heterocycles. The highest BCUT2D eigenvalue weighted by atomic mass is 14.7. The Morgan fingerprint density at radius 2 is 1.77 bits per heavy atom. The van der Waals surface area contributed by atoms with Crippen molar-refractivity contribution in [2.45, 2.75) is 85.0 Å². The summed E-state index contributed by atoms with van der Waals surface area (Å²) in [6.07, 6.45) is 10.3. The molecule has 0 amide bonds. The second-order valence-corrected chi connectivity index (χ2v) is 10.1. The highest BCUT2D eigenvalue weighted by Gasteiger charge is 2.62. The molecule has 0 nitrogen and oxygen atoms in total. The second kappa shape index (κ2) is 9.60. The van der Waals surface area contributed by atoms with Crippen molar-refractivity contribution in [2.24, 2.45) is 11.3 Å². The lowest BCUT2D eigenvalue weighted by Crippen LogP contribution is -2.17. The third kappa shape index (κ3) is 4.59. The summed E-state index contributed by atoms with van der Waals surface area (Å²) in [6.45, 7) is 18.1. The van der Waals surface area contributed by atoms with Crippen LogP contribution in [0.25, 0.3) is 0 Å². The zero-order valence-electron chi connectivity index (χ0n) is 20.7. The van der Waals surface area contributed by atoms with Gasteiger partial charge in [-0.2, -0.15) is 0 Å². The van der Waals surface area contributed by atoms with Crippen LogP contribution in [0.2, 0.25) is 0 Å². The molecule has 0 N–H and O–H groups in total. The normalized spacial score (nSPS) is 22.1. The first kappa shape index (κ1) is 23.6. The van der Waals surface area contributed by atoms with Crippen molar-refractivity contribution in [2.75, 3.05) is 0 Å². The van der Waals surface area contributed by atoms with E-state index >= 15 is 0 Å². The largest absolute Gasteiger partial charge is 0.0988 e. The van der Waals surface area contributed by atoms with Gasteiger partial charge in [-0.3, -0.25) is 0 Å². The van der Waals surface area contributed by atoms with Crippen molar-refractivity contribution in [1.29, 1.82) is 0 Å². The first-order valence-corrected chi connectivity index (χ1v) is 12.3. The molecule has 1 aliphatic carbocycles. The van der Waals surface area contributed by atoms with Gasteiger partial charge in [-0.15, -0.1) is 0 Å². The molecule has 0 heterocycles. The van der Waals surface area contributed by atoms with Gasteiger partial charge in [-0.05, 0) is 90.9 Å². The molecule has 3 unspecified atom stereocenters. The van der Waals surface area contributed by atoms with E-state index in [2.05, 4.69) is 103 Å². The molecule has 0 saturated heterocycles. The van der Waals surface area contributed by atoms with Crippen LogP contribution in [-0.2, 0) is 11.8 Å². The molecule has 0 radical (unpaired) electrons. The van der Waals surface area contributed by atoms with E-state index in [0.717, 1.165) is 12.8 Å². The lowest BCUT2D eigenvalue weighted by Gasteiger charge is -2.27. The van der Waals surface area contributed by atoms with Gasteiger partial charge < -0.3 is 0 Å². The SMILES string of the molecule is C=C/C(=C/C)CC(Cc1cc(C2(C)CC2(CC)CC)ccc1C)C(C)c1ccccc1. The predicted molar refractivity (Wildman–Crippen MR) is 137 cm³/mol. The van der Waals surface area contributed by atoms with E-state index in [0.29, 0.717) is 22.7 Å². The van der Waals surface area contributed by atoms with Crippen LogP contribution in [-0.4, -0.2) is 0 Å². The number of aryl methyl sites for hydroxylation is 1. The van der Waals surface area contributed by atoms with Crippen LogP contribution in [0.4, 0.5) is 0 Å². The Morgan fingerprint density at radius 1 is 1.10 bits per heavy atom. The molecular weight excluding hydrogens is 372 g/mol. The third-order valence-electron chi connectivity index (χ3n) is 8.72. The summed E-state index contributed by atoms with van der Waals surface area (Å²) < 4.78 is 0. The highest BCUT2D eigenvalue weighted by molar-refractivity contribution is 5.42. The summed E-state index contributed by atoms with van der Waals surface area (Å²) in [5, 5.41) is 0. The van der Waals surface area contributed by atoms with E-state index < -0.39 is 0 Å². The summed E-state index contributed by atoms with van der Waals surface area (Å²) in [6, 6.07) is 18.4. The van der Waals surface area contributed by atoms with Crippen molar-refractivity contribution in [3.8, 4) is 0 Å². The van der Waals surface area contributed by atoms with Gasteiger partial charge in [0.25, 0.3) is 0 Å². The summed E-state index contributed by atoms with van der Waals surface area (Å²) in [5.41, 5.74) is 8.14. The average Bonchev–Trinajstić information content (AvgIpc) is 3.44. The van der Waals surface area contributed by atoms with Gasteiger partial charge in [0.15, 0.2) is 0 Å². The minimum Gasteiger partial charge on any atom is -0.0988 e. The summed E-state index contributed by atoms with van der Waals surface area (Å²) in [4.78, 5) is 0. The number of hydrogen-bond donors (Lipinski definition) is 0. The summed E-state index contributed by atoms with van der Waals surface area (Å²) in [5.74, 6) is 1.05. The molecule has 0 bridgehead atoms. The maximum atomic E-state index is 4.06. The van der Waals surface area contributed by atoms with Gasteiger partial charge in [-0.25, -0.2) is 0 Å². The van der Waals surface area contributed by atoms with E-state index in [4.69, 9.17) is 0 Å². The van der Waals surface area contributed by atoms with E-state index in [1.165, 1.54) is 41.5 Å². The molecule has 1 saturated carbocycles. The van der Waals surface area contributed by atoms with Crippen molar-refractivity contribution < 1.29 is 0 Å². The van der Waals surface area contributed by atoms with Crippen molar-refractivity contribution in [3.63, 3.8) is 0 Å². The van der Waals surface area contributed by atoms with Gasteiger partial charge in [0.2, 0.25) is 0 Å². The van der Waals surface area contributed by atoms with E-state index in [-0.39, 0.29) is 0 Å². The van der Waals surface area contributed by atoms with Crippen LogP contribution >= 0.6 is 0 Å². The third-order valence-corrected chi connectivity index (χ3v) is 8.72. The molecule has 0 spiro atoms. The molecule has 2 aromatic carbocycles. The van der Waals surface area contributed by atoms with Gasteiger partial charge in [0, 0.05) is 0 Å². The topological polar surface area (TPSA) is 0 Å². The van der Waals surface area contributed by atoms with Gasteiger partial charge >= 0.3 is 0 Å². The van der Waals surface area contributed by atoms with Crippen molar-refractivity contribution >= 4 is 0 Å². The smallest absolute Gasteiger partial charge is 0.00131 e. The summed E-state index contributed by atoms with van der Waals surface area (Å²) in [7, 11) is 0. The van der Waals surface area contributed by atoms with Crippen LogP contribution < -0.4 is 0 Å². The molecule has 2 aromatic rings. The molecule has 3 atom stereocenters. The lowest BCUT2D eigenvalue weighted by atomic mass is 9.77. The quantitative estimate of drug-likeness (QED) is 0.340. The van der Waals surface area contributed by atoms with Crippen molar-refractivity contribution in [3.05, 3.63) is 95.1 Å². The van der Waals surface area contributed by atoms with Crippen LogP contribution in [0, 0.1) is 18.3 Å². The Hall–Kier alpha value is -2.08. The van der Waals surface area contributed by atoms with Gasteiger partial charge in [0.05, 0.1) is 0 Å². The molecular formula is C31H42. The van der Waals surface area contributed by atoms with E-state index in [1.54, 1.807) is 5.56 Å². The monoisotopic (exact) mass is 414 g/mol. The van der Waals surface area contributed by atoms with Gasteiger partial charge in [-0.1, -0.05) is 101 Å². The van der Waals surface area contributed by atoms with Crippen LogP contribution in [0.5, 0.6) is 0 Å². The lowest BCUT2D eigenvalue weighted by molar-refractivity contribution is 0.401. The maximum absolute atomic E-state index is 4.06. The van der Waals surface area contributed by atoms with E-state index in [1.807, 2.05) is 6.08 Å². The standard InChI is InChI=1S/C31H42/c1-8-25(9-2)19-28(24(6)26-15-13-12-14-16-26)20-27-21-29(18-17-23(27)5)30(7)22-31(30,10-3)11-4/h8-9,12-18,21,24,28H,1,10-11,19-20,22H2,2-7H3/b25-9-. The van der Waals surface area contributed by atoms with Crippen LogP contribution in [0.15, 0.2) is 72.8 Å².